The van der Waals surface area contributed by atoms with Crippen LogP contribution in [0.3, 0.4) is 0 Å². The Hall–Kier alpha value is -3.47. The van der Waals surface area contributed by atoms with Crippen LogP contribution in [-0.4, -0.2) is 19.2 Å². The van der Waals surface area contributed by atoms with Gasteiger partial charge in [0.2, 0.25) is 0 Å². The molecule has 3 nitrogen and oxygen atoms in total. The van der Waals surface area contributed by atoms with Crippen molar-refractivity contribution in [1.82, 2.24) is 5.32 Å². The fourth-order valence-electron chi connectivity index (χ4n) is 3.96. The highest BCUT2D eigenvalue weighted by Crippen LogP contribution is 2.44. The summed E-state index contributed by atoms with van der Waals surface area (Å²) in [6.45, 7) is 2.19. The van der Waals surface area contributed by atoms with Crippen molar-refractivity contribution in [2.45, 2.75) is 19.3 Å². The molecule has 1 aliphatic rings. The summed E-state index contributed by atoms with van der Waals surface area (Å²) in [6, 6.07) is 19.0. The number of halogens is 2. The van der Waals surface area contributed by atoms with Crippen molar-refractivity contribution in [2.75, 3.05) is 13.2 Å². The van der Waals surface area contributed by atoms with E-state index in [1.165, 1.54) is 35.2 Å². The lowest BCUT2D eigenvalue weighted by Gasteiger charge is -2.14. The van der Waals surface area contributed by atoms with Gasteiger partial charge in [-0.3, -0.25) is 0 Å². The highest BCUT2D eigenvalue weighted by Gasteiger charge is 2.28. The van der Waals surface area contributed by atoms with Crippen LogP contribution in [0.5, 0.6) is 0 Å². The molecule has 3 aromatic rings. The van der Waals surface area contributed by atoms with E-state index in [1.807, 2.05) is 30.3 Å². The zero-order chi connectivity index (χ0) is 21.8. The summed E-state index contributed by atoms with van der Waals surface area (Å²) in [5.41, 5.74) is 5.58. The number of carbonyl (C=O) groups excluding carboxylic acids is 1. The Bertz CT molecular complexity index is 1090. The first-order valence-electron chi connectivity index (χ1n) is 10.3. The number of hydrogen-bond acceptors (Lipinski definition) is 2. The summed E-state index contributed by atoms with van der Waals surface area (Å²) in [5.74, 6) is -1.67. The monoisotopic (exact) mass is 419 g/mol. The van der Waals surface area contributed by atoms with Gasteiger partial charge in [-0.2, -0.15) is 0 Å². The van der Waals surface area contributed by atoms with Gasteiger partial charge in [0.1, 0.15) is 6.61 Å². The molecule has 0 aromatic heterocycles. The fraction of sp³-hybridized carbons (Fsp3) is 0.192. The third-order valence-electron chi connectivity index (χ3n) is 5.60. The van der Waals surface area contributed by atoms with Gasteiger partial charge in [-0.1, -0.05) is 66.7 Å². The molecular weight excluding hydrogens is 396 g/mol. The first-order valence-corrected chi connectivity index (χ1v) is 10.3. The van der Waals surface area contributed by atoms with E-state index in [-0.39, 0.29) is 18.1 Å². The first-order chi connectivity index (χ1) is 15.1. The minimum Gasteiger partial charge on any atom is -0.449 e. The molecule has 0 bridgehead atoms. The molecule has 0 spiro atoms. The summed E-state index contributed by atoms with van der Waals surface area (Å²) in [5, 5.41) is 2.73. The Kier molecular flexibility index (Phi) is 6.12. The van der Waals surface area contributed by atoms with Crippen molar-refractivity contribution in [3.8, 4) is 11.1 Å². The van der Waals surface area contributed by atoms with Gasteiger partial charge >= 0.3 is 6.09 Å². The highest BCUT2D eigenvalue weighted by molar-refractivity contribution is 5.79. The number of amides is 1. The quantitative estimate of drug-likeness (QED) is 0.482. The maximum atomic E-state index is 13.6. The second-order valence-electron chi connectivity index (χ2n) is 7.52. The molecule has 0 saturated carbocycles. The fourth-order valence-corrected chi connectivity index (χ4v) is 3.96. The standard InChI is InChI=1S/C26H23F2NO2/c1-17-18(13-14-24(27)25(17)28)8-6-7-15-29-26(30)31-16-23-21-11-4-2-9-19(21)20-10-3-5-12-22(20)23/h2-6,8-14,23H,7,15-16H2,1H3,(H,29,30). The summed E-state index contributed by atoms with van der Waals surface area (Å²) in [6.07, 6.45) is 3.60. The van der Waals surface area contributed by atoms with Crippen molar-refractivity contribution in [1.29, 1.82) is 0 Å². The van der Waals surface area contributed by atoms with Crippen molar-refractivity contribution in [3.05, 3.63) is 101 Å². The SMILES string of the molecule is Cc1c(C=CCCNC(=O)OCC2c3ccccc3-c3ccccc32)ccc(F)c1F. The predicted molar refractivity (Wildman–Crippen MR) is 118 cm³/mol. The molecule has 4 rings (SSSR count). The van der Waals surface area contributed by atoms with Crippen LogP contribution in [-0.2, 0) is 4.74 Å². The average Bonchev–Trinajstić information content (AvgIpc) is 3.11. The van der Waals surface area contributed by atoms with Gasteiger partial charge in [0.25, 0.3) is 0 Å². The number of rotatable bonds is 6. The molecule has 158 valence electrons. The van der Waals surface area contributed by atoms with Gasteiger partial charge in [-0.15, -0.1) is 0 Å². The Morgan fingerprint density at radius 3 is 2.32 bits per heavy atom. The molecule has 31 heavy (non-hydrogen) atoms. The maximum absolute atomic E-state index is 13.6. The molecule has 0 radical (unpaired) electrons. The lowest BCUT2D eigenvalue weighted by Crippen LogP contribution is -2.26. The van der Waals surface area contributed by atoms with Gasteiger partial charge in [-0.25, -0.2) is 13.6 Å². The molecule has 3 aromatic carbocycles. The van der Waals surface area contributed by atoms with Gasteiger partial charge in [0.15, 0.2) is 11.6 Å². The van der Waals surface area contributed by atoms with Gasteiger partial charge in [-0.05, 0) is 52.8 Å². The summed E-state index contributed by atoms with van der Waals surface area (Å²) in [7, 11) is 0. The molecular formula is C26H23F2NO2. The molecule has 1 aliphatic carbocycles. The number of benzene rings is 3. The van der Waals surface area contributed by atoms with Crippen LogP contribution in [0.15, 0.2) is 66.7 Å². The van der Waals surface area contributed by atoms with Crippen molar-refractivity contribution in [2.24, 2.45) is 0 Å². The molecule has 0 aliphatic heterocycles. The Balaban J connectivity index is 1.28. The van der Waals surface area contributed by atoms with Gasteiger partial charge in [0, 0.05) is 12.5 Å². The largest absolute Gasteiger partial charge is 0.449 e. The zero-order valence-corrected chi connectivity index (χ0v) is 17.2. The van der Waals surface area contributed by atoms with Crippen LogP contribution < -0.4 is 5.32 Å². The predicted octanol–water partition coefficient (Wildman–Crippen LogP) is 6.22. The number of nitrogens with one attached hydrogen (secondary N) is 1. The Morgan fingerprint density at radius 1 is 1.00 bits per heavy atom. The van der Waals surface area contributed by atoms with Crippen LogP contribution in [0.1, 0.15) is 34.6 Å². The van der Waals surface area contributed by atoms with E-state index in [0.29, 0.717) is 18.5 Å². The zero-order valence-electron chi connectivity index (χ0n) is 17.2. The van der Waals surface area contributed by atoms with Crippen LogP contribution >= 0.6 is 0 Å². The third kappa shape index (κ3) is 4.36. The number of ether oxygens (including phenoxy) is 1. The lowest BCUT2D eigenvalue weighted by atomic mass is 9.98. The molecule has 0 heterocycles. The van der Waals surface area contributed by atoms with E-state index in [0.717, 1.165) is 6.07 Å². The van der Waals surface area contributed by atoms with Gasteiger partial charge in [0.05, 0.1) is 0 Å². The number of fused-ring (bicyclic) bond motifs is 3. The minimum atomic E-state index is -0.855. The van der Waals surface area contributed by atoms with Crippen LogP contribution in [0, 0.1) is 18.6 Å². The summed E-state index contributed by atoms with van der Waals surface area (Å²) in [4.78, 5) is 12.1. The highest BCUT2D eigenvalue weighted by atomic mass is 19.2. The number of hydrogen-bond donors (Lipinski definition) is 1. The Labute approximate surface area is 180 Å². The average molecular weight is 419 g/mol. The first kappa shape index (κ1) is 20.8. The second-order valence-corrected chi connectivity index (χ2v) is 7.52. The molecule has 5 heteroatoms. The van der Waals surface area contributed by atoms with Crippen LogP contribution in [0.2, 0.25) is 0 Å². The van der Waals surface area contributed by atoms with E-state index >= 15 is 0 Å². The lowest BCUT2D eigenvalue weighted by molar-refractivity contribution is 0.143. The van der Waals surface area contributed by atoms with E-state index in [4.69, 9.17) is 4.74 Å². The maximum Gasteiger partial charge on any atom is 0.407 e. The van der Waals surface area contributed by atoms with E-state index in [1.54, 1.807) is 6.08 Å². The minimum absolute atomic E-state index is 0.0226. The third-order valence-corrected chi connectivity index (χ3v) is 5.60. The molecule has 1 amide bonds. The second kappa shape index (κ2) is 9.13. The number of alkyl carbamates (subject to hydrolysis) is 1. The molecule has 0 atom stereocenters. The normalized spacial score (nSPS) is 12.6. The molecule has 0 saturated heterocycles. The van der Waals surface area contributed by atoms with E-state index in [9.17, 15) is 13.6 Å². The molecule has 0 fully saturated rings. The van der Waals surface area contributed by atoms with Crippen molar-refractivity contribution in [3.63, 3.8) is 0 Å². The molecule has 1 N–H and O–H groups in total. The van der Waals surface area contributed by atoms with Crippen molar-refractivity contribution < 1.29 is 18.3 Å². The van der Waals surface area contributed by atoms with Crippen molar-refractivity contribution >= 4 is 12.2 Å². The molecule has 0 unspecified atom stereocenters. The van der Waals surface area contributed by atoms with Crippen LogP contribution in [0.25, 0.3) is 17.2 Å². The smallest absolute Gasteiger partial charge is 0.407 e. The summed E-state index contributed by atoms with van der Waals surface area (Å²) < 4.78 is 32.3. The summed E-state index contributed by atoms with van der Waals surface area (Å²) >= 11 is 0. The number of carbonyl (C=O) groups is 1. The topological polar surface area (TPSA) is 38.3 Å². The van der Waals surface area contributed by atoms with Crippen LogP contribution in [0.4, 0.5) is 13.6 Å². The van der Waals surface area contributed by atoms with E-state index in [2.05, 4.69) is 29.6 Å². The van der Waals surface area contributed by atoms with E-state index < -0.39 is 17.7 Å². The van der Waals surface area contributed by atoms with Gasteiger partial charge < -0.3 is 10.1 Å². The Morgan fingerprint density at radius 2 is 1.65 bits per heavy atom.